The van der Waals surface area contributed by atoms with E-state index in [0.717, 1.165) is 0 Å². The lowest BCUT2D eigenvalue weighted by molar-refractivity contribution is 0.0777. The lowest BCUT2D eigenvalue weighted by Gasteiger charge is -2.39. The summed E-state index contributed by atoms with van der Waals surface area (Å²) in [5.41, 5.74) is 5.70. The quantitative estimate of drug-likeness (QED) is 0.377. The lowest BCUT2D eigenvalue weighted by atomic mass is 9.96. The molecule has 1 aromatic rings. The molecular formula is C18H24N8O2. The number of nitrogens with zero attached hydrogens (tertiary/aromatic N) is 5. The molecular weight excluding hydrogens is 360 g/mol. The van der Waals surface area contributed by atoms with Crippen LogP contribution >= 0.6 is 0 Å². The standard InChI is InChI=1S/C18H24N8O2/c1-12-9-14(23-13(2)22-11-21-10-20)17(28)26-15(12)16(27)24-18(26)3-6-25(7-4-18)8-5-19/h9,11H,3-4,6-8,10,20H2,1-2H3,(H,24,27)(H,21,22,23). The maximum Gasteiger partial charge on any atom is 0.276 e. The van der Waals surface area contributed by atoms with Crippen molar-refractivity contribution >= 4 is 23.8 Å². The predicted octanol–water partition coefficient (Wildman–Crippen LogP) is -0.0529. The maximum absolute atomic E-state index is 13.2. The third kappa shape index (κ3) is 3.54. The molecule has 0 atom stereocenters. The minimum atomic E-state index is -0.760. The number of amides is 1. The van der Waals surface area contributed by atoms with Crippen molar-refractivity contribution in [3.63, 3.8) is 0 Å². The van der Waals surface area contributed by atoms with Crippen LogP contribution in [-0.2, 0) is 5.66 Å². The highest BCUT2D eigenvalue weighted by atomic mass is 16.2. The molecule has 0 saturated carbocycles. The molecule has 2 aliphatic heterocycles. The number of fused-ring (bicyclic) bond motifs is 2. The van der Waals surface area contributed by atoms with Gasteiger partial charge in [0.25, 0.3) is 11.5 Å². The SMILES string of the molecule is CC(=NC=NCN)Nc1cc(C)c2n(c1=O)C1(CCN(CC#N)CC1)NC2=O. The lowest BCUT2D eigenvalue weighted by Crippen LogP contribution is -2.54. The van der Waals surface area contributed by atoms with E-state index in [-0.39, 0.29) is 18.1 Å². The minimum Gasteiger partial charge on any atom is -0.339 e. The highest BCUT2D eigenvalue weighted by Crippen LogP contribution is 2.33. The zero-order valence-corrected chi connectivity index (χ0v) is 16.0. The molecule has 1 amide bonds. The van der Waals surface area contributed by atoms with Crippen LogP contribution < -0.4 is 21.9 Å². The van der Waals surface area contributed by atoms with E-state index in [1.165, 1.54) is 6.34 Å². The van der Waals surface area contributed by atoms with E-state index in [1.54, 1.807) is 17.6 Å². The smallest absolute Gasteiger partial charge is 0.276 e. The predicted molar refractivity (Wildman–Crippen MR) is 106 cm³/mol. The Morgan fingerprint density at radius 1 is 1.46 bits per heavy atom. The Hall–Kier alpha value is -3.03. The number of carbonyl (C=O) groups excluding carboxylic acids is 1. The van der Waals surface area contributed by atoms with Crippen LogP contribution in [0.1, 0.15) is 35.8 Å². The van der Waals surface area contributed by atoms with Gasteiger partial charge in [-0.1, -0.05) is 0 Å². The Morgan fingerprint density at radius 3 is 2.82 bits per heavy atom. The number of aliphatic imine (C=N–C) groups is 2. The highest BCUT2D eigenvalue weighted by Gasteiger charge is 2.46. The number of carbonyl (C=O) groups is 1. The molecule has 1 fully saturated rings. The Kier molecular flexibility index (Phi) is 5.58. The molecule has 1 saturated heterocycles. The van der Waals surface area contributed by atoms with E-state index in [0.29, 0.717) is 55.3 Å². The van der Waals surface area contributed by atoms with Gasteiger partial charge in [0.1, 0.15) is 29.2 Å². The monoisotopic (exact) mass is 384 g/mol. The van der Waals surface area contributed by atoms with Gasteiger partial charge in [-0.25, -0.2) is 4.99 Å². The van der Waals surface area contributed by atoms with Crippen LogP contribution in [0.4, 0.5) is 5.69 Å². The second-order valence-corrected chi connectivity index (χ2v) is 6.97. The molecule has 1 spiro atoms. The van der Waals surface area contributed by atoms with Crippen molar-refractivity contribution in [2.45, 2.75) is 32.4 Å². The molecule has 148 valence electrons. The number of pyridine rings is 1. The van der Waals surface area contributed by atoms with Crippen LogP contribution in [-0.4, -0.2) is 53.9 Å². The number of rotatable bonds is 4. The number of aryl methyl sites for hydroxylation is 1. The van der Waals surface area contributed by atoms with Gasteiger partial charge in [-0.15, -0.1) is 0 Å². The van der Waals surface area contributed by atoms with Gasteiger partial charge in [-0.05, 0) is 25.5 Å². The van der Waals surface area contributed by atoms with Crippen LogP contribution in [0.2, 0.25) is 0 Å². The summed E-state index contributed by atoms with van der Waals surface area (Å²) in [6, 6.07) is 3.81. The first kappa shape index (κ1) is 19.7. The summed E-state index contributed by atoms with van der Waals surface area (Å²) in [7, 11) is 0. The number of amidine groups is 1. The first-order valence-corrected chi connectivity index (χ1v) is 9.10. The number of piperidine rings is 1. The zero-order valence-electron chi connectivity index (χ0n) is 16.0. The average molecular weight is 384 g/mol. The van der Waals surface area contributed by atoms with Crippen LogP contribution in [0.25, 0.3) is 0 Å². The maximum atomic E-state index is 13.2. The van der Waals surface area contributed by atoms with Crippen molar-refractivity contribution in [1.82, 2.24) is 14.8 Å². The minimum absolute atomic E-state index is 0.135. The van der Waals surface area contributed by atoms with Crippen molar-refractivity contribution < 1.29 is 4.79 Å². The molecule has 10 nitrogen and oxygen atoms in total. The summed E-state index contributed by atoms with van der Waals surface area (Å²) in [6.45, 7) is 5.26. The van der Waals surface area contributed by atoms with Crippen LogP contribution in [0.3, 0.4) is 0 Å². The molecule has 1 aromatic heterocycles. The number of nitrogens with two attached hydrogens (primary N) is 1. The molecule has 0 bridgehead atoms. The molecule has 0 aliphatic carbocycles. The largest absolute Gasteiger partial charge is 0.339 e. The molecule has 10 heteroatoms. The fourth-order valence-electron chi connectivity index (χ4n) is 3.78. The van der Waals surface area contributed by atoms with Gasteiger partial charge >= 0.3 is 0 Å². The van der Waals surface area contributed by atoms with Gasteiger partial charge < -0.3 is 16.4 Å². The highest BCUT2D eigenvalue weighted by molar-refractivity contribution is 5.99. The number of hydrogen-bond donors (Lipinski definition) is 3. The van der Waals surface area contributed by atoms with E-state index in [4.69, 9.17) is 11.0 Å². The molecule has 0 radical (unpaired) electrons. The Morgan fingerprint density at radius 2 is 2.18 bits per heavy atom. The summed E-state index contributed by atoms with van der Waals surface area (Å²) in [5, 5.41) is 14.9. The molecule has 28 heavy (non-hydrogen) atoms. The number of aromatic nitrogens is 1. The van der Waals surface area contributed by atoms with Gasteiger partial charge in [-0.3, -0.25) is 24.0 Å². The Balaban J connectivity index is 1.98. The molecule has 0 unspecified atom stereocenters. The number of hydrogen-bond acceptors (Lipinski definition) is 6. The molecule has 2 aliphatic rings. The third-order valence-electron chi connectivity index (χ3n) is 5.11. The van der Waals surface area contributed by atoms with Crippen molar-refractivity contribution in [3.05, 3.63) is 27.7 Å². The fourth-order valence-corrected chi connectivity index (χ4v) is 3.78. The van der Waals surface area contributed by atoms with Gasteiger partial charge in [0, 0.05) is 25.9 Å². The van der Waals surface area contributed by atoms with Gasteiger partial charge in [0.2, 0.25) is 0 Å². The van der Waals surface area contributed by atoms with Gasteiger partial charge in [-0.2, -0.15) is 5.26 Å². The second-order valence-electron chi connectivity index (χ2n) is 6.97. The van der Waals surface area contributed by atoms with E-state index >= 15 is 0 Å². The second kappa shape index (κ2) is 7.92. The number of likely N-dealkylation sites (tertiary alicyclic amines) is 1. The van der Waals surface area contributed by atoms with Crippen LogP contribution in [0, 0.1) is 18.3 Å². The van der Waals surface area contributed by atoms with E-state index < -0.39 is 5.66 Å². The third-order valence-corrected chi connectivity index (χ3v) is 5.11. The summed E-state index contributed by atoms with van der Waals surface area (Å²) in [4.78, 5) is 35.8. The average Bonchev–Trinajstić information content (AvgIpc) is 2.94. The molecule has 3 rings (SSSR count). The summed E-state index contributed by atoms with van der Waals surface area (Å²) in [6.07, 6.45) is 2.45. The molecule has 0 aromatic carbocycles. The summed E-state index contributed by atoms with van der Waals surface area (Å²) in [5.74, 6) is 0.250. The van der Waals surface area contributed by atoms with Crippen molar-refractivity contribution in [1.29, 1.82) is 5.26 Å². The number of nitrogens with one attached hydrogen (secondary N) is 2. The molecule has 4 N–H and O–H groups in total. The first-order chi connectivity index (χ1) is 13.4. The number of nitriles is 1. The topological polar surface area (TPSA) is 141 Å². The van der Waals surface area contributed by atoms with Crippen molar-refractivity contribution in [3.8, 4) is 6.07 Å². The summed E-state index contributed by atoms with van der Waals surface area (Å²) >= 11 is 0. The Bertz CT molecular complexity index is 932. The van der Waals surface area contributed by atoms with E-state index in [9.17, 15) is 9.59 Å². The summed E-state index contributed by atoms with van der Waals surface area (Å²) < 4.78 is 1.58. The zero-order chi connectivity index (χ0) is 20.3. The normalized spacial score (nSPS) is 18.9. The van der Waals surface area contributed by atoms with Crippen molar-refractivity contribution in [2.24, 2.45) is 15.7 Å². The van der Waals surface area contributed by atoms with Crippen LogP contribution in [0.15, 0.2) is 20.8 Å². The Labute approximate surface area is 162 Å². The molecule has 3 heterocycles. The van der Waals surface area contributed by atoms with Crippen molar-refractivity contribution in [2.75, 3.05) is 31.6 Å². The first-order valence-electron chi connectivity index (χ1n) is 9.10. The van der Waals surface area contributed by atoms with E-state index in [1.807, 2.05) is 11.8 Å². The van der Waals surface area contributed by atoms with Gasteiger partial charge in [0.15, 0.2) is 0 Å². The number of anilines is 1. The van der Waals surface area contributed by atoms with Crippen LogP contribution in [0.5, 0.6) is 0 Å². The van der Waals surface area contributed by atoms with Gasteiger partial charge in [0.05, 0.1) is 19.3 Å². The fraction of sp³-hybridized carbons (Fsp3) is 0.500. The van der Waals surface area contributed by atoms with E-state index in [2.05, 4.69) is 26.7 Å².